The first-order valence-electron chi connectivity index (χ1n) is 4.89. The molecule has 0 spiro atoms. The van der Waals surface area contributed by atoms with Gasteiger partial charge in [0.15, 0.2) is 0 Å². The van der Waals surface area contributed by atoms with Crippen LogP contribution < -0.4 is 5.46 Å². The van der Waals surface area contributed by atoms with E-state index in [0.717, 1.165) is 11.6 Å². The first kappa shape index (κ1) is 10.9. The number of rotatable bonds is 2. The third kappa shape index (κ3) is 2.29. The number of benzene rings is 2. The second-order valence-electron chi connectivity index (χ2n) is 3.51. The Kier molecular flexibility index (Phi) is 3.03. The van der Waals surface area contributed by atoms with Gasteiger partial charge in [-0.15, -0.1) is 0 Å². The van der Waals surface area contributed by atoms with Crippen LogP contribution in [0.3, 0.4) is 0 Å². The van der Waals surface area contributed by atoms with Crippen molar-refractivity contribution in [2.45, 2.75) is 0 Å². The van der Waals surface area contributed by atoms with Gasteiger partial charge in [0, 0.05) is 0 Å². The molecule has 2 aromatic rings. The molecular formula is C12H10BFO2. The second-order valence-corrected chi connectivity index (χ2v) is 3.51. The molecule has 0 saturated heterocycles. The van der Waals surface area contributed by atoms with E-state index in [4.69, 9.17) is 10.0 Å². The minimum absolute atomic E-state index is 0.152. The lowest BCUT2D eigenvalue weighted by molar-refractivity contribution is 0.425. The standard InChI is InChI=1S/C12H10BFO2/c14-12-7-10(6-11(8-12)13(15)16)9-4-2-1-3-5-9/h1-8,15-16H. The molecule has 0 radical (unpaired) electrons. The zero-order chi connectivity index (χ0) is 11.5. The van der Waals surface area contributed by atoms with Crippen molar-refractivity contribution >= 4 is 12.6 Å². The van der Waals surface area contributed by atoms with Crippen LogP contribution in [0.25, 0.3) is 11.1 Å². The average Bonchev–Trinajstić information content (AvgIpc) is 2.29. The van der Waals surface area contributed by atoms with Gasteiger partial charge in [0.1, 0.15) is 5.82 Å². The fourth-order valence-corrected chi connectivity index (χ4v) is 1.56. The third-order valence-corrected chi connectivity index (χ3v) is 2.33. The minimum Gasteiger partial charge on any atom is -0.423 e. The van der Waals surface area contributed by atoms with Crippen molar-refractivity contribution in [2.24, 2.45) is 0 Å². The molecule has 2 rings (SSSR count). The Hall–Kier alpha value is -1.65. The van der Waals surface area contributed by atoms with Crippen LogP contribution in [0.2, 0.25) is 0 Å². The van der Waals surface area contributed by atoms with Crippen LogP contribution in [0.15, 0.2) is 48.5 Å². The summed E-state index contributed by atoms with van der Waals surface area (Å²) in [6.45, 7) is 0. The highest BCUT2D eigenvalue weighted by Crippen LogP contribution is 2.18. The molecule has 0 aromatic heterocycles. The SMILES string of the molecule is OB(O)c1cc(F)cc(-c2ccccc2)c1. The molecule has 0 unspecified atom stereocenters. The summed E-state index contributed by atoms with van der Waals surface area (Å²) in [7, 11) is -1.65. The van der Waals surface area contributed by atoms with Crippen molar-refractivity contribution < 1.29 is 14.4 Å². The predicted molar refractivity (Wildman–Crippen MR) is 61.7 cm³/mol. The summed E-state index contributed by atoms with van der Waals surface area (Å²) in [5, 5.41) is 18.0. The Labute approximate surface area is 93.1 Å². The van der Waals surface area contributed by atoms with Crippen molar-refractivity contribution in [3.05, 3.63) is 54.3 Å². The molecule has 0 atom stereocenters. The lowest BCUT2D eigenvalue weighted by Crippen LogP contribution is -2.30. The molecule has 0 saturated carbocycles. The van der Waals surface area contributed by atoms with Crippen LogP contribution in [0.5, 0.6) is 0 Å². The highest BCUT2D eigenvalue weighted by molar-refractivity contribution is 6.58. The van der Waals surface area contributed by atoms with E-state index in [1.807, 2.05) is 30.3 Å². The van der Waals surface area contributed by atoms with E-state index in [-0.39, 0.29) is 5.46 Å². The summed E-state index contributed by atoms with van der Waals surface area (Å²) in [6, 6.07) is 13.3. The van der Waals surface area contributed by atoms with E-state index in [1.54, 1.807) is 6.07 Å². The molecular weight excluding hydrogens is 206 g/mol. The summed E-state index contributed by atoms with van der Waals surface area (Å²) < 4.78 is 13.3. The van der Waals surface area contributed by atoms with Crippen molar-refractivity contribution in [1.82, 2.24) is 0 Å². The maximum absolute atomic E-state index is 13.3. The number of hydrogen-bond donors (Lipinski definition) is 2. The topological polar surface area (TPSA) is 40.5 Å². The quantitative estimate of drug-likeness (QED) is 0.739. The van der Waals surface area contributed by atoms with Crippen LogP contribution in [0.1, 0.15) is 0 Å². The monoisotopic (exact) mass is 216 g/mol. The van der Waals surface area contributed by atoms with E-state index in [2.05, 4.69) is 0 Å². The van der Waals surface area contributed by atoms with Crippen molar-refractivity contribution in [2.75, 3.05) is 0 Å². The van der Waals surface area contributed by atoms with E-state index < -0.39 is 12.9 Å². The highest BCUT2D eigenvalue weighted by Gasteiger charge is 2.13. The van der Waals surface area contributed by atoms with Gasteiger partial charge in [-0.1, -0.05) is 36.4 Å². The molecule has 0 fully saturated rings. The molecule has 2 N–H and O–H groups in total. The molecule has 0 aliphatic carbocycles. The van der Waals surface area contributed by atoms with Gasteiger partial charge in [-0.3, -0.25) is 0 Å². The third-order valence-electron chi connectivity index (χ3n) is 2.33. The van der Waals surface area contributed by atoms with Crippen LogP contribution in [0.4, 0.5) is 4.39 Å². The van der Waals surface area contributed by atoms with Gasteiger partial charge in [-0.2, -0.15) is 0 Å². The average molecular weight is 216 g/mol. The van der Waals surface area contributed by atoms with E-state index >= 15 is 0 Å². The van der Waals surface area contributed by atoms with Gasteiger partial charge in [0.25, 0.3) is 0 Å². The second kappa shape index (κ2) is 4.47. The van der Waals surface area contributed by atoms with Gasteiger partial charge in [0.05, 0.1) is 0 Å². The highest BCUT2D eigenvalue weighted by atomic mass is 19.1. The fraction of sp³-hybridized carbons (Fsp3) is 0. The zero-order valence-electron chi connectivity index (χ0n) is 8.47. The molecule has 0 aliphatic rings. The maximum Gasteiger partial charge on any atom is 0.488 e. The van der Waals surface area contributed by atoms with Crippen LogP contribution in [-0.2, 0) is 0 Å². The van der Waals surface area contributed by atoms with Gasteiger partial charge in [-0.05, 0) is 28.7 Å². The first-order valence-corrected chi connectivity index (χ1v) is 4.89. The molecule has 0 aliphatic heterocycles. The van der Waals surface area contributed by atoms with E-state index in [0.29, 0.717) is 5.56 Å². The summed E-state index contributed by atoms with van der Waals surface area (Å²) in [4.78, 5) is 0. The van der Waals surface area contributed by atoms with Crippen LogP contribution in [0, 0.1) is 5.82 Å². The Balaban J connectivity index is 2.50. The fourth-order valence-electron chi connectivity index (χ4n) is 1.56. The van der Waals surface area contributed by atoms with E-state index in [1.165, 1.54) is 6.07 Å². The van der Waals surface area contributed by atoms with Crippen LogP contribution in [-0.4, -0.2) is 17.2 Å². The summed E-state index contributed by atoms with van der Waals surface area (Å²) in [6.07, 6.45) is 0. The summed E-state index contributed by atoms with van der Waals surface area (Å²) in [5.74, 6) is -0.482. The number of halogens is 1. The van der Waals surface area contributed by atoms with Crippen molar-refractivity contribution in [1.29, 1.82) is 0 Å². The first-order chi connectivity index (χ1) is 7.66. The molecule has 0 heterocycles. The maximum atomic E-state index is 13.3. The van der Waals surface area contributed by atoms with Crippen molar-refractivity contribution in [3.63, 3.8) is 0 Å². The normalized spacial score (nSPS) is 10.2. The zero-order valence-corrected chi connectivity index (χ0v) is 8.47. The molecule has 0 bridgehead atoms. The Bertz CT molecular complexity index is 486. The lowest BCUT2D eigenvalue weighted by Gasteiger charge is -2.05. The molecule has 0 amide bonds. The Morgan fingerprint density at radius 3 is 2.19 bits per heavy atom. The van der Waals surface area contributed by atoms with Crippen molar-refractivity contribution in [3.8, 4) is 11.1 Å². The Morgan fingerprint density at radius 1 is 0.875 bits per heavy atom. The Morgan fingerprint density at radius 2 is 1.56 bits per heavy atom. The van der Waals surface area contributed by atoms with Gasteiger partial charge < -0.3 is 10.0 Å². The van der Waals surface area contributed by atoms with Gasteiger partial charge >= 0.3 is 7.12 Å². The van der Waals surface area contributed by atoms with Crippen LogP contribution >= 0.6 is 0 Å². The largest absolute Gasteiger partial charge is 0.488 e. The molecule has 4 heteroatoms. The smallest absolute Gasteiger partial charge is 0.423 e. The predicted octanol–water partition coefficient (Wildman–Crippen LogP) is 1.17. The number of hydrogen-bond acceptors (Lipinski definition) is 2. The summed E-state index contributed by atoms with van der Waals surface area (Å²) in [5.41, 5.74) is 1.62. The molecule has 2 nitrogen and oxygen atoms in total. The minimum atomic E-state index is -1.65. The lowest BCUT2D eigenvalue weighted by atomic mass is 9.79. The summed E-state index contributed by atoms with van der Waals surface area (Å²) >= 11 is 0. The van der Waals surface area contributed by atoms with Gasteiger partial charge in [0.2, 0.25) is 0 Å². The molecule has 80 valence electrons. The molecule has 16 heavy (non-hydrogen) atoms. The van der Waals surface area contributed by atoms with Gasteiger partial charge in [-0.25, -0.2) is 4.39 Å². The molecule has 2 aromatic carbocycles. The van der Waals surface area contributed by atoms with E-state index in [9.17, 15) is 4.39 Å².